The van der Waals surface area contributed by atoms with Crippen LogP contribution in [-0.4, -0.2) is 6.54 Å². The first-order valence-corrected chi connectivity index (χ1v) is 4.98. The lowest BCUT2D eigenvalue weighted by atomic mass is 9.97. The molecular weight excluding hydrogens is 172 g/mol. The Bertz CT molecular complexity index is 311. The molecule has 3 N–H and O–H groups in total. The molecule has 2 nitrogen and oxygen atoms in total. The highest BCUT2D eigenvalue weighted by molar-refractivity contribution is 5.56. The third kappa shape index (κ3) is 3.29. The lowest BCUT2D eigenvalue weighted by molar-refractivity contribution is 0.443. The zero-order valence-electron chi connectivity index (χ0n) is 9.52. The quantitative estimate of drug-likeness (QED) is 0.707. The number of nitrogen functional groups attached to an aromatic ring is 1. The van der Waals surface area contributed by atoms with Crippen molar-refractivity contribution in [1.82, 2.24) is 0 Å². The van der Waals surface area contributed by atoms with Gasteiger partial charge in [0.15, 0.2) is 0 Å². The summed E-state index contributed by atoms with van der Waals surface area (Å²) in [6.45, 7) is 9.63. The van der Waals surface area contributed by atoms with Gasteiger partial charge >= 0.3 is 0 Å². The van der Waals surface area contributed by atoms with E-state index in [0.29, 0.717) is 5.41 Å². The first kappa shape index (κ1) is 10.9. The second kappa shape index (κ2) is 3.91. The predicted octanol–water partition coefficient (Wildman–Crippen LogP) is 3.04. The average molecular weight is 192 g/mol. The van der Waals surface area contributed by atoms with E-state index in [1.807, 2.05) is 19.1 Å². The molecule has 1 rings (SSSR count). The highest BCUT2D eigenvalue weighted by Gasteiger charge is 2.09. The van der Waals surface area contributed by atoms with Crippen molar-refractivity contribution < 1.29 is 0 Å². The van der Waals surface area contributed by atoms with Gasteiger partial charge in [0.05, 0.1) is 0 Å². The van der Waals surface area contributed by atoms with Crippen LogP contribution in [0.4, 0.5) is 11.4 Å². The fourth-order valence-electron chi connectivity index (χ4n) is 1.15. The van der Waals surface area contributed by atoms with Crippen molar-refractivity contribution in [1.29, 1.82) is 0 Å². The van der Waals surface area contributed by atoms with Crippen molar-refractivity contribution in [3.63, 3.8) is 0 Å². The predicted molar refractivity (Wildman–Crippen MR) is 63.5 cm³/mol. The Hall–Kier alpha value is -1.18. The largest absolute Gasteiger partial charge is 0.399 e. The van der Waals surface area contributed by atoms with Gasteiger partial charge in [-0.15, -0.1) is 0 Å². The van der Waals surface area contributed by atoms with E-state index in [-0.39, 0.29) is 0 Å². The minimum atomic E-state index is 0.301. The summed E-state index contributed by atoms with van der Waals surface area (Å²) in [7, 11) is 0. The van der Waals surface area contributed by atoms with Crippen LogP contribution in [0.15, 0.2) is 18.2 Å². The van der Waals surface area contributed by atoms with Crippen molar-refractivity contribution in [3.05, 3.63) is 23.8 Å². The van der Waals surface area contributed by atoms with Gasteiger partial charge in [0.2, 0.25) is 0 Å². The van der Waals surface area contributed by atoms with Crippen molar-refractivity contribution in [3.8, 4) is 0 Å². The highest BCUT2D eigenvalue weighted by Crippen LogP contribution is 2.19. The van der Waals surface area contributed by atoms with Gasteiger partial charge in [0, 0.05) is 17.9 Å². The zero-order valence-corrected chi connectivity index (χ0v) is 9.52. The molecule has 0 saturated carbocycles. The molecule has 0 heterocycles. The maximum absolute atomic E-state index is 5.74. The molecule has 0 saturated heterocycles. The molecule has 78 valence electrons. The van der Waals surface area contributed by atoms with Crippen LogP contribution in [0.5, 0.6) is 0 Å². The molecule has 2 heteroatoms. The number of benzene rings is 1. The van der Waals surface area contributed by atoms with E-state index in [9.17, 15) is 0 Å². The van der Waals surface area contributed by atoms with Crippen LogP contribution in [0, 0.1) is 12.3 Å². The van der Waals surface area contributed by atoms with Crippen molar-refractivity contribution in [2.24, 2.45) is 5.41 Å². The molecule has 0 aliphatic rings. The van der Waals surface area contributed by atoms with Gasteiger partial charge < -0.3 is 11.1 Å². The lowest BCUT2D eigenvalue weighted by Crippen LogP contribution is -2.19. The van der Waals surface area contributed by atoms with Crippen LogP contribution in [0.25, 0.3) is 0 Å². The summed E-state index contributed by atoms with van der Waals surface area (Å²) in [5.74, 6) is 0. The van der Waals surface area contributed by atoms with Crippen LogP contribution in [-0.2, 0) is 0 Å². The number of nitrogens with one attached hydrogen (secondary N) is 1. The smallest absolute Gasteiger partial charge is 0.0345 e. The Morgan fingerprint density at radius 2 is 1.93 bits per heavy atom. The molecule has 0 atom stereocenters. The van der Waals surface area contributed by atoms with Crippen LogP contribution >= 0.6 is 0 Å². The summed E-state index contributed by atoms with van der Waals surface area (Å²) in [4.78, 5) is 0. The molecule has 1 aromatic rings. The van der Waals surface area contributed by atoms with Gasteiger partial charge in [-0.2, -0.15) is 0 Å². The van der Waals surface area contributed by atoms with Crippen molar-refractivity contribution >= 4 is 11.4 Å². The van der Waals surface area contributed by atoms with Crippen LogP contribution < -0.4 is 11.1 Å². The average Bonchev–Trinajstić information content (AvgIpc) is 2.06. The number of hydrogen-bond acceptors (Lipinski definition) is 2. The maximum Gasteiger partial charge on any atom is 0.0345 e. The van der Waals surface area contributed by atoms with Crippen LogP contribution in [0.3, 0.4) is 0 Å². The molecule has 0 aliphatic heterocycles. The van der Waals surface area contributed by atoms with E-state index in [1.165, 1.54) is 0 Å². The third-order valence-electron chi connectivity index (χ3n) is 2.09. The van der Waals surface area contributed by atoms with Crippen molar-refractivity contribution in [2.75, 3.05) is 17.6 Å². The molecule has 0 bridgehead atoms. The topological polar surface area (TPSA) is 38.0 Å². The van der Waals surface area contributed by atoms with Gasteiger partial charge in [0.1, 0.15) is 0 Å². The highest BCUT2D eigenvalue weighted by atomic mass is 14.9. The Morgan fingerprint density at radius 1 is 1.29 bits per heavy atom. The van der Waals surface area contributed by atoms with E-state index in [1.54, 1.807) is 0 Å². The molecule has 0 spiro atoms. The minimum absolute atomic E-state index is 0.301. The van der Waals surface area contributed by atoms with E-state index in [4.69, 9.17) is 5.73 Å². The Balaban J connectivity index is 2.65. The summed E-state index contributed by atoms with van der Waals surface area (Å²) in [5.41, 5.74) is 9.17. The molecule has 0 aromatic heterocycles. The summed E-state index contributed by atoms with van der Waals surface area (Å²) in [6.07, 6.45) is 0. The first-order valence-electron chi connectivity index (χ1n) is 4.98. The van der Waals surface area contributed by atoms with Crippen molar-refractivity contribution in [2.45, 2.75) is 27.7 Å². The van der Waals surface area contributed by atoms with Gasteiger partial charge in [-0.05, 0) is 36.1 Å². The number of hydrogen-bond donors (Lipinski definition) is 2. The first-order chi connectivity index (χ1) is 6.38. The zero-order chi connectivity index (χ0) is 10.8. The van der Waals surface area contributed by atoms with Gasteiger partial charge in [0.25, 0.3) is 0 Å². The molecule has 0 amide bonds. The fourth-order valence-corrected chi connectivity index (χ4v) is 1.15. The SMILES string of the molecule is Cc1cc(NCC(C)(C)C)ccc1N. The fraction of sp³-hybridized carbons (Fsp3) is 0.500. The molecular formula is C12H20N2. The summed E-state index contributed by atoms with van der Waals surface area (Å²) in [6, 6.07) is 6.05. The van der Waals surface area contributed by atoms with Crippen LogP contribution in [0.2, 0.25) is 0 Å². The Labute approximate surface area is 86.5 Å². The molecule has 0 fully saturated rings. The van der Waals surface area contributed by atoms with Gasteiger partial charge in [-0.25, -0.2) is 0 Å². The normalized spacial score (nSPS) is 11.4. The number of anilines is 2. The van der Waals surface area contributed by atoms with E-state index in [2.05, 4.69) is 32.2 Å². The van der Waals surface area contributed by atoms with E-state index in [0.717, 1.165) is 23.5 Å². The second-order valence-corrected chi connectivity index (χ2v) is 4.99. The summed E-state index contributed by atoms with van der Waals surface area (Å²) < 4.78 is 0. The molecule has 0 aliphatic carbocycles. The van der Waals surface area contributed by atoms with E-state index >= 15 is 0 Å². The van der Waals surface area contributed by atoms with E-state index < -0.39 is 0 Å². The molecule has 14 heavy (non-hydrogen) atoms. The summed E-state index contributed by atoms with van der Waals surface area (Å²) >= 11 is 0. The monoisotopic (exact) mass is 192 g/mol. The minimum Gasteiger partial charge on any atom is -0.399 e. The molecule has 0 unspecified atom stereocenters. The second-order valence-electron chi connectivity index (χ2n) is 4.99. The molecule has 0 radical (unpaired) electrons. The molecule has 1 aromatic carbocycles. The summed E-state index contributed by atoms with van der Waals surface area (Å²) in [5, 5.41) is 3.40. The Morgan fingerprint density at radius 3 is 2.43 bits per heavy atom. The Kier molecular flexibility index (Phi) is 3.04. The maximum atomic E-state index is 5.74. The van der Waals surface area contributed by atoms with Gasteiger partial charge in [-0.1, -0.05) is 20.8 Å². The lowest BCUT2D eigenvalue weighted by Gasteiger charge is -2.20. The number of rotatable bonds is 2. The van der Waals surface area contributed by atoms with Crippen LogP contribution in [0.1, 0.15) is 26.3 Å². The number of nitrogens with two attached hydrogens (primary N) is 1. The third-order valence-corrected chi connectivity index (χ3v) is 2.09. The number of aryl methyl sites for hydroxylation is 1. The standard InChI is InChI=1S/C12H20N2/c1-9-7-10(5-6-11(9)13)14-8-12(2,3)4/h5-7,14H,8,13H2,1-4H3. The van der Waals surface area contributed by atoms with Gasteiger partial charge in [-0.3, -0.25) is 0 Å².